The first-order chi connectivity index (χ1) is 11.6. The number of carboxylic acids is 1. The molecule has 25 heavy (non-hydrogen) atoms. The monoisotopic (exact) mass is 375 g/mol. The number of hydrogen-bond donors (Lipinski definition) is 4. The molecule has 5 N–H and O–H groups in total. The average molecular weight is 376 g/mol. The van der Waals surface area contributed by atoms with Gasteiger partial charge >= 0.3 is 5.97 Å². The standard InChI is InChI=1S/C17H33N3O4S/c1-6-11(4)14(18)16(22)19-12(7-8-25-5)15(21)20-13(17(23)24)9-10(2)3/h10-14H,6-9,18H2,1-5H3,(H,19,22)(H,20,21)(H,23,24). The van der Waals surface area contributed by atoms with Gasteiger partial charge < -0.3 is 21.5 Å². The minimum absolute atomic E-state index is 0.00281. The maximum Gasteiger partial charge on any atom is 0.326 e. The molecule has 0 fully saturated rings. The van der Waals surface area contributed by atoms with E-state index in [1.165, 1.54) is 0 Å². The van der Waals surface area contributed by atoms with Crippen molar-refractivity contribution in [2.24, 2.45) is 17.6 Å². The zero-order chi connectivity index (χ0) is 19.6. The maximum absolute atomic E-state index is 12.5. The lowest BCUT2D eigenvalue weighted by molar-refractivity contribution is -0.142. The molecule has 0 heterocycles. The third-order valence-corrected chi connectivity index (χ3v) is 4.77. The molecule has 4 unspecified atom stereocenters. The van der Waals surface area contributed by atoms with Gasteiger partial charge in [0.1, 0.15) is 12.1 Å². The normalized spacial score (nSPS) is 16.0. The topological polar surface area (TPSA) is 122 Å². The van der Waals surface area contributed by atoms with Crippen molar-refractivity contribution in [1.82, 2.24) is 10.6 Å². The molecule has 0 bridgehead atoms. The second-order valence-corrected chi connectivity index (χ2v) is 7.77. The number of hydrogen-bond acceptors (Lipinski definition) is 5. The van der Waals surface area contributed by atoms with Crippen LogP contribution in [0.5, 0.6) is 0 Å². The van der Waals surface area contributed by atoms with E-state index in [0.29, 0.717) is 18.6 Å². The summed E-state index contributed by atoms with van der Waals surface area (Å²) in [5.74, 6) is -1.15. The number of carbonyl (C=O) groups excluding carboxylic acids is 2. The van der Waals surface area contributed by atoms with E-state index >= 15 is 0 Å². The maximum atomic E-state index is 12.5. The fourth-order valence-corrected chi connectivity index (χ4v) is 2.72. The number of carbonyl (C=O) groups is 3. The Morgan fingerprint density at radius 3 is 2.08 bits per heavy atom. The molecule has 146 valence electrons. The van der Waals surface area contributed by atoms with Crippen LogP contribution < -0.4 is 16.4 Å². The van der Waals surface area contributed by atoms with E-state index in [2.05, 4.69) is 10.6 Å². The molecule has 4 atom stereocenters. The summed E-state index contributed by atoms with van der Waals surface area (Å²) < 4.78 is 0. The quantitative estimate of drug-likeness (QED) is 0.407. The predicted molar refractivity (Wildman–Crippen MR) is 101 cm³/mol. The van der Waals surface area contributed by atoms with Crippen LogP contribution in [0.1, 0.15) is 47.0 Å². The van der Waals surface area contributed by atoms with Crippen LogP contribution in [0.2, 0.25) is 0 Å². The van der Waals surface area contributed by atoms with Gasteiger partial charge in [0.2, 0.25) is 11.8 Å². The first-order valence-corrected chi connectivity index (χ1v) is 10.1. The smallest absolute Gasteiger partial charge is 0.326 e. The van der Waals surface area contributed by atoms with E-state index in [1.807, 2.05) is 34.0 Å². The van der Waals surface area contributed by atoms with Crippen LogP contribution in [0.15, 0.2) is 0 Å². The zero-order valence-corrected chi connectivity index (χ0v) is 16.7. The largest absolute Gasteiger partial charge is 0.480 e. The Morgan fingerprint density at radius 2 is 1.64 bits per heavy atom. The van der Waals surface area contributed by atoms with Gasteiger partial charge in [-0.05, 0) is 36.7 Å². The number of aliphatic carboxylic acids is 1. The Balaban J connectivity index is 5.01. The fraction of sp³-hybridized carbons (Fsp3) is 0.824. The average Bonchev–Trinajstić information content (AvgIpc) is 2.55. The fourth-order valence-electron chi connectivity index (χ4n) is 2.25. The third kappa shape index (κ3) is 9.11. The van der Waals surface area contributed by atoms with E-state index in [1.54, 1.807) is 11.8 Å². The van der Waals surface area contributed by atoms with Crippen molar-refractivity contribution in [1.29, 1.82) is 0 Å². The van der Waals surface area contributed by atoms with Crippen molar-refractivity contribution in [2.45, 2.75) is 65.1 Å². The van der Waals surface area contributed by atoms with Gasteiger partial charge in [0.05, 0.1) is 6.04 Å². The molecule has 0 saturated heterocycles. The summed E-state index contributed by atoms with van der Waals surface area (Å²) in [6.45, 7) is 7.60. The van der Waals surface area contributed by atoms with Crippen molar-refractivity contribution in [3.63, 3.8) is 0 Å². The molecule has 0 aliphatic carbocycles. The Morgan fingerprint density at radius 1 is 1.08 bits per heavy atom. The molecular weight excluding hydrogens is 342 g/mol. The summed E-state index contributed by atoms with van der Waals surface area (Å²) >= 11 is 1.55. The summed E-state index contributed by atoms with van der Waals surface area (Å²) in [5, 5.41) is 14.5. The summed E-state index contributed by atoms with van der Waals surface area (Å²) in [6.07, 6.45) is 3.41. The zero-order valence-electron chi connectivity index (χ0n) is 15.9. The first-order valence-electron chi connectivity index (χ1n) is 8.72. The summed E-state index contributed by atoms with van der Waals surface area (Å²) in [7, 11) is 0. The van der Waals surface area contributed by atoms with Crippen LogP contribution in [-0.4, -0.2) is 53.0 Å². The number of nitrogens with one attached hydrogen (secondary N) is 2. The molecule has 0 aromatic carbocycles. The van der Waals surface area contributed by atoms with E-state index in [4.69, 9.17) is 5.73 Å². The first kappa shape index (κ1) is 23.7. The van der Waals surface area contributed by atoms with Crippen LogP contribution in [-0.2, 0) is 14.4 Å². The van der Waals surface area contributed by atoms with E-state index in [-0.39, 0.29) is 17.7 Å². The highest BCUT2D eigenvalue weighted by molar-refractivity contribution is 7.98. The minimum Gasteiger partial charge on any atom is -0.480 e. The van der Waals surface area contributed by atoms with Gasteiger partial charge in [-0.1, -0.05) is 34.1 Å². The summed E-state index contributed by atoms with van der Waals surface area (Å²) in [6, 6.07) is -2.45. The molecule has 7 nitrogen and oxygen atoms in total. The number of thioether (sulfide) groups is 1. The minimum atomic E-state index is -1.08. The van der Waals surface area contributed by atoms with Crippen LogP contribution >= 0.6 is 11.8 Å². The number of rotatable bonds is 12. The van der Waals surface area contributed by atoms with Gasteiger partial charge in [-0.2, -0.15) is 11.8 Å². The Bertz CT molecular complexity index is 446. The lowest BCUT2D eigenvalue weighted by Crippen LogP contribution is -2.55. The second kappa shape index (κ2) is 12.1. The molecule has 0 aromatic rings. The molecule has 2 amide bonds. The van der Waals surface area contributed by atoms with E-state index in [9.17, 15) is 19.5 Å². The Labute approximate surface area is 154 Å². The van der Waals surface area contributed by atoms with Crippen molar-refractivity contribution in [2.75, 3.05) is 12.0 Å². The van der Waals surface area contributed by atoms with Crippen LogP contribution in [0.3, 0.4) is 0 Å². The Kier molecular flexibility index (Phi) is 11.5. The molecule has 0 aliphatic rings. The van der Waals surface area contributed by atoms with Gasteiger partial charge in [-0.3, -0.25) is 9.59 Å². The highest BCUT2D eigenvalue weighted by atomic mass is 32.2. The molecular formula is C17H33N3O4S. The highest BCUT2D eigenvalue weighted by Gasteiger charge is 2.29. The van der Waals surface area contributed by atoms with Crippen molar-refractivity contribution in [3.05, 3.63) is 0 Å². The lowest BCUT2D eigenvalue weighted by Gasteiger charge is -2.24. The van der Waals surface area contributed by atoms with Gasteiger partial charge in [0.25, 0.3) is 0 Å². The van der Waals surface area contributed by atoms with Gasteiger partial charge in [-0.15, -0.1) is 0 Å². The third-order valence-electron chi connectivity index (χ3n) is 4.13. The molecule has 0 rings (SSSR count). The molecule has 0 aliphatic heterocycles. The Hall–Kier alpha value is -1.28. The molecule has 8 heteroatoms. The number of nitrogens with two attached hydrogens (primary N) is 1. The van der Waals surface area contributed by atoms with Crippen molar-refractivity contribution in [3.8, 4) is 0 Å². The van der Waals surface area contributed by atoms with Gasteiger partial charge in [0, 0.05) is 0 Å². The summed E-state index contributed by atoms with van der Waals surface area (Å²) in [4.78, 5) is 36.1. The van der Waals surface area contributed by atoms with Crippen LogP contribution in [0, 0.1) is 11.8 Å². The van der Waals surface area contributed by atoms with Crippen LogP contribution in [0.25, 0.3) is 0 Å². The van der Waals surface area contributed by atoms with Crippen LogP contribution in [0.4, 0.5) is 0 Å². The van der Waals surface area contributed by atoms with E-state index in [0.717, 1.165) is 6.42 Å². The molecule has 0 radical (unpaired) electrons. The van der Waals surface area contributed by atoms with Crippen molar-refractivity contribution >= 4 is 29.5 Å². The molecule has 0 saturated carbocycles. The second-order valence-electron chi connectivity index (χ2n) is 6.78. The molecule has 0 aromatic heterocycles. The van der Waals surface area contributed by atoms with Gasteiger partial charge in [-0.25, -0.2) is 4.79 Å². The highest BCUT2D eigenvalue weighted by Crippen LogP contribution is 2.09. The van der Waals surface area contributed by atoms with Gasteiger partial charge in [0.15, 0.2) is 0 Å². The predicted octanol–water partition coefficient (Wildman–Crippen LogP) is 1.21. The SMILES string of the molecule is CCC(C)C(N)C(=O)NC(CCSC)C(=O)NC(CC(C)C)C(=O)O. The van der Waals surface area contributed by atoms with E-state index < -0.39 is 30.0 Å². The number of carboxylic acid groups (broad SMARTS) is 1. The van der Waals surface area contributed by atoms with Crippen molar-refractivity contribution < 1.29 is 19.5 Å². The summed E-state index contributed by atoms with van der Waals surface area (Å²) in [5.41, 5.74) is 5.92. The number of amides is 2. The lowest BCUT2D eigenvalue weighted by atomic mass is 9.99. The molecule has 0 spiro atoms.